The normalized spacial score (nSPS) is 11.1. The first kappa shape index (κ1) is 18.1. The average molecular weight is 400 g/mol. The van der Waals surface area contributed by atoms with Crippen LogP contribution in [-0.4, -0.2) is 21.1 Å². The summed E-state index contributed by atoms with van der Waals surface area (Å²) in [4.78, 5) is 17.3. The van der Waals surface area contributed by atoms with Crippen molar-refractivity contribution >= 4 is 33.3 Å². The second kappa shape index (κ2) is 7.35. The SMILES string of the molecule is O=C(Nc1nnc(C(F)F)s1)c1cc(-c2ccc(F)cc2)nc2ccccc12. The molecule has 5 nitrogen and oxygen atoms in total. The zero-order chi connectivity index (χ0) is 19.7. The summed E-state index contributed by atoms with van der Waals surface area (Å²) in [6.45, 7) is 0. The molecule has 0 atom stereocenters. The molecule has 1 N–H and O–H groups in total. The number of para-hydroxylation sites is 1. The Morgan fingerprint density at radius 3 is 2.50 bits per heavy atom. The number of hydrogen-bond donors (Lipinski definition) is 1. The van der Waals surface area contributed by atoms with Gasteiger partial charge in [-0.15, -0.1) is 10.2 Å². The van der Waals surface area contributed by atoms with Crippen LogP contribution in [-0.2, 0) is 0 Å². The molecule has 2 aromatic carbocycles. The number of hydrogen-bond acceptors (Lipinski definition) is 5. The van der Waals surface area contributed by atoms with E-state index in [4.69, 9.17) is 0 Å². The second-order valence-corrected chi connectivity index (χ2v) is 6.79. The third kappa shape index (κ3) is 3.56. The van der Waals surface area contributed by atoms with Gasteiger partial charge in [-0.2, -0.15) is 0 Å². The third-order valence-corrected chi connectivity index (χ3v) is 4.79. The highest BCUT2D eigenvalue weighted by Crippen LogP contribution is 2.28. The van der Waals surface area contributed by atoms with Gasteiger partial charge in [0.25, 0.3) is 12.3 Å². The molecule has 0 aliphatic heterocycles. The number of amides is 1. The van der Waals surface area contributed by atoms with Gasteiger partial charge in [-0.1, -0.05) is 29.5 Å². The highest BCUT2D eigenvalue weighted by atomic mass is 32.1. The number of pyridine rings is 1. The monoisotopic (exact) mass is 400 g/mol. The van der Waals surface area contributed by atoms with Crippen molar-refractivity contribution in [1.82, 2.24) is 15.2 Å². The van der Waals surface area contributed by atoms with E-state index < -0.39 is 17.3 Å². The number of nitrogens with one attached hydrogen (secondary N) is 1. The Bertz CT molecular complexity index is 1160. The molecule has 0 aliphatic rings. The lowest BCUT2D eigenvalue weighted by Crippen LogP contribution is -2.13. The molecule has 4 rings (SSSR count). The van der Waals surface area contributed by atoms with Crippen molar-refractivity contribution in [3.05, 3.63) is 71.0 Å². The number of carbonyl (C=O) groups is 1. The van der Waals surface area contributed by atoms with Crippen molar-refractivity contribution in [1.29, 1.82) is 0 Å². The van der Waals surface area contributed by atoms with Crippen LogP contribution in [0.4, 0.5) is 18.3 Å². The van der Waals surface area contributed by atoms with Gasteiger partial charge in [0.1, 0.15) is 5.82 Å². The van der Waals surface area contributed by atoms with Crippen molar-refractivity contribution in [2.45, 2.75) is 6.43 Å². The fourth-order valence-electron chi connectivity index (χ4n) is 2.67. The predicted octanol–water partition coefficient (Wildman–Crippen LogP) is 5.08. The maximum absolute atomic E-state index is 13.2. The number of aromatic nitrogens is 3. The minimum absolute atomic E-state index is 0.0236. The van der Waals surface area contributed by atoms with Crippen molar-refractivity contribution in [2.75, 3.05) is 5.32 Å². The predicted molar refractivity (Wildman–Crippen MR) is 100.0 cm³/mol. The summed E-state index contributed by atoms with van der Waals surface area (Å²) in [5, 5.41) is 9.52. The van der Waals surface area contributed by atoms with Crippen LogP contribution in [0.25, 0.3) is 22.2 Å². The minimum atomic E-state index is -2.75. The minimum Gasteiger partial charge on any atom is -0.296 e. The molecular formula is C19H11F3N4OS. The summed E-state index contributed by atoms with van der Waals surface area (Å²) in [6, 6.07) is 14.3. The Kier molecular flexibility index (Phi) is 4.74. The lowest BCUT2D eigenvalue weighted by molar-refractivity contribution is 0.102. The fraction of sp³-hybridized carbons (Fsp3) is 0.0526. The average Bonchev–Trinajstić information content (AvgIpc) is 3.16. The Balaban J connectivity index is 1.75. The highest BCUT2D eigenvalue weighted by molar-refractivity contribution is 7.15. The van der Waals surface area contributed by atoms with Crippen LogP contribution >= 0.6 is 11.3 Å². The van der Waals surface area contributed by atoms with Gasteiger partial charge in [0.15, 0.2) is 5.01 Å². The molecule has 1 amide bonds. The Morgan fingerprint density at radius 2 is 1.79 bits per heavy atom. The Hall–Kier alpha value is -3.33. The first-order valence-corrected chi connectivity index (χ1v) is 8.91. The number of rotatable bonds is 4. The topological polar surface area (TPSA) is 67.8 Å². The number of carbonyl (C=O) groups excluding carboxylic acids is 1. The maximum Gasteiger partial charge on any atom is 0.291 e. The number of halogens is 3. The van der Waals surface area contributed by atoms with Crippen LogP contribution in [0.2, 0.25) is 0 Å². The maximum atomic E-state index is 13.2. The van der Waals surface area contributed by atoms with E-state index in [1.807, 2.05) is 0 Å². The molecule has 2 heterocycles. The molecule has 0 bridgehead atoms. The third-order valence-electron chi connectivity index (χ3n) is 3.95. The summed E-state index contributed by atoms with van der Waals surface area (Å²) in [5.41, 5.74) is 1.98. The molecular weight excluding hydrogens is 389 g/mol. The van der Waals surface area contributed by atoms with Gasteiger partial charge in [0, 0.05) is 10.9 Å². The van der Waals surface area contributed by atoms with Crippen LogP contribution in [0.1, 0.15) is 21.8 Å². The van der Waals surface area contributed by atoms with E-state index in [1.54, 1.807) is 42.5 Å². The quantitative estimate of drug-likeness (QED) is 0.519. The first-order chi connectivity index (χ1) is 13.5. The highest BCUT2D eigenvalue weighted by Gasteiger charge is 2.18. The zero-order valence-electron chi connectivity index (χ0n) is 14.1. The van der Waals surface area contributed by atoms with E-state index in [0.717, 1.165) is 0 Å². The molecule has 0 aliphatic carbocycles. The summed E-state index contributed by atoms with van der Waals surface area (Å²) in [7, 11) is 0. The lowest BCUT2D eigenvalue weighted by atomic mass is 10.0. The van der Waals surface area contributed by atoms with E-state index in [1.165, 1.54) is 12.1 Å². The molecule has 0 saturated carbocycles. The molecule has 0 spiro atoms. The van der Waals surface area contributed by atoms with Crippen molar-refractivity contribution in [3.63, 3.8) is 0 Å². The standard InChI is InChI=1S/C19H11F3N4OS/c20-11-7-5-10(6-8-11)15-9-13(12-3-1-2-4-14(12)23-15)17(27)24-19-26-25-18(28-19)16(21)22/h1-9,16H,(H,24,26,27). The summed E-state index contributed by atoms with van der Waals surface area (Å²) in [5.74, 6) is -0.910. The van der Waals surface area contributed by atoms with Crippen molar-refractivity contribution < 1.29 is 18.0 Å². The molecule has 9 heteroatoms. The Labute approximate surface area is 160 Å². The largest absolute Gasteiger partial charge is 0.296 e. The molecule has 28 heavy (non-hydrogen) atoms. The summed E-state index contributed by atoms with van der Waals surface area (Å²) < 4.78 is 38.6. The molecule has 0 unspecified atom stereocenters. The van der Waals surface area contributed by atoms with Crippen LogP contribution in [0, 0.1) is 5.82 Å². The van der Waals surface area contributed by atoms with Gasteiger partial charge in [-0.05, 0) is 36.4 Å². The molecule has 0 saturated heterocycles. The van der Waals surface area contributed by atoms with Crippen LogP contribution in [0.5, 0.6) is 0 Å². The second-order valence-electron chi connectivity index (χ2n) is 5.78. The van der Waals surface area contributed by atoms with Crippen LogP contribution < -0.4 is 5.32 Å². The van der Waals surface area contributed by atoms with Gasteiger partial charge in [-0.3, -0.25) is 10.1 Å². The number of alkyl halides is 2. The molecule has 0 fully saturated rings. The number of benzene rings is 2. The van der Waals surface area contributed by atoms with E-state index in [-0.39, 0.29) is 10.9 Å². The number of fused-ring (bicyclic) bond motifs is 1. The lowest BCUT2D eigenvalue weighted by Gasteiger charge is -2.09. The summed E-state index contributed by atoms with van der Waals surface area (Å²) >= 11 is 0.610. The fourth-order valence-corrected chi connectivity index (χ4v) is 3.26. The summed E-state index contributed by atoms with van der Waals surface area (Å²) in [6.07, 6.45) is -2.75. The van der Waals surface area contributed by atoms with E-state index in [0.29, 0.717) is 39.1 Å². The molecule has 0 radical (unpaired) electrons. The molecule has 2 aromatic heterocycles. The number of anilines is 1. The molecule has 140 valence electrons. The molecule has 4 aromatic rings. The van der Waals surface area contributed by atoms with Crippen molar-refractivity contribution in [3.8, 4) is 11.3 Å². The van der Waals surface area contributed by atoms with E-state index in [2.05, 4.69) is 20.5 Å². The van der Waals surface area contributed by atoms with Crippen LogP contribution in [0.15, 0.2) is 54.6 Å². The van der Waals surface area contributed by atoms with E-state index >= 15 is 0 Å². The number of nitrogens with zero attached hydrogens (tertiary/aromatic N) is 3. The van der Waals surface area contributed by atoms with Crippen molar-refractivity contribution in [2.24, 2.45) is 0 Å². The van der Waals surface area contributed by atoms with Crippen LogP contribution in [0.3, 0.4) is 0 Å². The van der Waals surface area contributed by atoms with Gasteiger partial charge in [0.2, 0.25) is 5.13 Å². The smallest absolute Gasteiger partial charge is 0.291 e. The van der Waals surface area contributed by atoms with Gasteiger partial charge < -0.3 is 0 Å². The van der Waals surface area contributed by atoms with E-state index in [9.17, 15) is 18.0 Å². The Morgan fingerprint density at radius 1 is 1.04 bits per heavy atom. The first-order valence-electron chi connectivity index (χ1n) is 8.10. The van der Waals surface area contributed by atoms with Gasteiger partial charge in [0.05, 0.1) is 16.8 Å². The van der Waals surface area contributed by atoms with Gasteiger partial charge in [-0.25, -0.2) is 18.2 Å². The zero-order valence-corrected chi connectivity index (χ0v) is 14.9. The van der Waals surface area contributed by atoms with Gasteiger partial charge >= 0.3 is 0 Å².